The fraction of sp³-hybridized carbons (Fsp3) is 0.0556. The van der Waals surface area contributed by atoms with Crippen LogP contribution in [0, 0.1) is 12.7 Å². The van der Waals surface area contributed by atoms with E-state index in [1.807, 2.05) is 0 Å². The van der Waals surface area contributed by atoms with Gasteiger partial charge < -0.3 is 5.11 Å². The van der Waals surface area contributed by atoms with E-state index < -0.39 is 5.97 Å². The molecule has 3 rings (SSSR count). The monoisotopic (exact) mass is 372 g/mol. The summed E-state index contributed by atoms with van der Waals surface area (Å²) >= 11 is 6.36. The summed E-state index contributed by atoms with van der Waals surface area (Å²) in [6.07, 6.45) is 1.52. The zero-order valence-corrected chi connectivity index (χ0v) is 14.4. The van der Waals surface area contributed by atoms with Gasteiger partial charge in [-0.3, -0.25) is 5.43 Å². The van der Waals surface area contributed by atoms with Crippen LogP contribution in [0.1, 0.15) is 21.6 Å². The Morgan fingerprint density at radius 3 is 2.50 bits per heavy atom. The van der Waals surface area contributed by atoms with Crippen molar-refractivity contribution in [3.05, 3.63) is 76.3 Å². The fourth-order valence-electron chi connectivity index (χ4n) is 2.27. The summed E-state index contributed by atoms with van der Waals surface area (Å²) in [6.45, 7) is 1.79. The average Bonchev–Trinajstić information content (AvgIpc) is 2.91. The van der Waals surface area contributed by atoms with Gasteiger partial charge in [-0.05, 0) is 55.5 Å². The molecule has 0 fully saturated rings. The van der Waals surface area contributed by atoms with Crippen molar-refractivity contribution in [3.8, 4) is 5.69 Å². The van der Waals surface area contributed by atoms with Crippen molar-refractivity contribution in [2.45, 2.75) is 6.92 Å². The van der Waals surface area contributed by atoms with Gasteiger partial charge in [-0.15, -0.1) is 0 Å². The van der Waals surface area contributed by atoms with E-state index in [-0.39, 0.29) is 11.4 Å². The van der Waals surface area contributed by atoms with E-state index in [2.05, 4.69) is 15.6 Å². The summed E-state index contributed by atoms with van der Waals surface area (Å²) in [5, 5.41) is 17.7. The van der Waals surface area contributed by atoms with Crippen LogP contribution in [0.2, 0.25) is 5.15 Å². The van der Waals surface area contributed by atoms with Crippen molar-refractivity contribution in [1.82, 2.24) is 9.78 Å². The Morgan fingerprint density at radius 1 is 1.23 bits per heavy atom. The third-order valence-corrected chi connectivity index (χ3v) is 4.00. The molecule has 0 aliphatic heterocycles. The topological polar surface area (TPSA) is 79.5 Å². The predicted octanol–water partition coefficient (Wildman–Crippen LogP) is 4.12. The maximum absolute atomic E-state index is 13.1. The highest BCUT2D eigenvalue weighted by Gasteiger charge is 2.13. The number of carbonyl (C=O) groups is 1. The molecule has 0 amide bonds. The summed E-state index contributed by atoms with van der Waals surface area (Å²) in [7, 11) is 0. The summed E-state index contributed by atoms with van der Waals surface area (Å²) in [5.74, 6) is -1.33. The van der Waals surface area contributed by atoms with Crippen molar-refractivity contribution in [2.75, 3.05) is 5.43 Å². The van der Waals surface area contributed by atoms with Gasteiger partial charge in [0.25, 0.3) is 0 Å². The lowest BCUT2D eigenvalue weighted by atomic mass is 10.2. The number of rotatable bonds is 5. The van der Waals surface area contributed by atoms with Crippen LogP contribution in [0.4, 0.5) is 10.1 Å². The molecule has 0 radical (unpaired) electrons. The van der Waals surface area contributed by atoms with Gasteiger partial charge in [0.1, 0.15) is 11.0 Å². The van der Waals surface area contributed by atoms with Gasteiger partial charge in [0.2, 0.25) is 0 Å². The van der Waals surface area contributed by atoms with E-state index in [1.165, 1.54) is 35.2 Å². The molecule has 6 nitrogen and oxygen atoms in total. The SMILES string of the molecule is Cc1nn(-c2ccc(F)cc2)c(Cl)c1C=NNc1ccc(C(=O)O)cc1. The zero-order chi connectivity index (χ0) is 18.7. The molecule has 0 unspecified atom stereocenters. The number of hydrazone groups is 1. The third kappa shape index (κ3) is 3.73. The molecule has 0 saturated carbocycles. The molecular weight excluding hydrogens is 359 g/mol. The quantitative estimate of drug-likeness (QED) is 0.521. The number of aromatic nitrogens is 2. The molecule has 8 heteroatoms. The minimum absolute atomic E-state index is 0.194. The number of anilines is 1. The summed E-state index contributed by atoms with van der Waals surface area (Å²) < 4.78 is 14.6. The number of hydrogen-bond acceptors (Lipinski definition) is 4. The van der Waals surface area contributed by atoms with Crippen LogP contribution in [0.5, 0.6) is 0 Å². The van der Waals surface area contributed by atoms with Crippen molar-refractivity contribution in [1.29, 1.82) is 0 Å². The highest BCUT2D eigenvalue weighted by Crippen LogP contribution is 2.22. The summed E-state index contributed by atoms with van der Waals surface area (Å²) in [5.41, 5.74) is 5.54. The molecule has 132 valence electrons. The van der Waals surface area contributed by atoms with Crippen LogP contribution in [-0.2, 0) is 0 Å². The highest BCUT2D eigenvalue weighted by atomic mass is 35.5. The lowest BCUT2D eigenvalue weighted by Crippen LogP contribution is -1.97. The van der Waals surface area contributed by atoms with Crippen LogP contribution in [0.15, 0.2) is 53.6 Å². The second kappa shape index (κ2) is 7.37. The summed E-state index contributed by atoms with van der Waals surface area (Å²) in [4.78, 5) is 10.8. The molecule has 26 heavy (non-hydrogen) atoms. The summed E-state index contributed by atoms with van der Waals surface area (Å²) in [6, 6.07) is 12.0. The van der Waals surface area contributed by atoms with Gasteiger partial charge in [-0.1, -0.05) is 11.6 Å². The molecule has 0 atom stereocenters. The molecule has 3 aromatic rings. The van der Waals surface area contributed by atoms with E-state index in [4.69, 9.17) is 16.7 Å². The standard InChI is InChI=1S/C18H14ClFN4O2/c1-11-16(10-21-22-14-6-2-12(3-7-14)18(25)26)17(19)24(23-11)15-8-4-13(20)5-9-15/h2-10,22H,1H3,(H,25,26). The zero-order valence-electron chi connectivity index (χ0n) is 13.6. The number of aromatic carboxylic acids is 1. The van der Waals surface area contributed by atoms with E-state index >= 15 is 0 Å². The Labute approximate surface area is 153 Å². The number of halogens is 2. The van der Waals surface area contributed by atoms with Gasteiger partial charge in [0.05, 0.1) is 34.4 Å². The van der Waals surface area contributed by atoms with Crippen molar-refractivity contribution in [3.63, 3.8) is 0 Å². The van der Waals surface area contributed by atoms with Crippen LogP contribution in [-0.4, -0.2) is 27.1 Å². The molecule has 1 heterocycles. The number of aryl methyl sites for hydroxylation is 1. The molecule has 1 aromatic heterocycles. The van der Waals surface area contributed by atoms with E-state index in [0.717, 1.165) is 0 Å². The smallest absolute Gasteiger partial charge is 0.335 e. The lowest BCUT2D eigenvalue weighted by Gasteiger charge is -2.02. The Balaban J connectivity index is 1.78. The highest BCUT2D eigenvalue weighted by molar-refractivity contribution is 6.32. The number of nitrogens with zero attached hydrogens (tertiary/aromatic N) is 3. The van der Waals surface area contributed by atoms with Gasteiger partial charge in [-0.25, -0.2) is 13.9 Å². The normalized spacial score (nSPS) is 11.0. The molecule has 2 aromatic carbocycles. The number of nitrogens with one attached hydrogen (secondary N) is 1. The van der Waals surface area contributed by atoms with Crippen LogP contribution >= 0.6 is 11.6 Å². The Bertz CT molecular complexity index is 966. The number of benzene rings is 2. The first kappa shape index (κ1) is 17.6. The second-order valence-electron chi connectivity index (χ2n) is 5.43. The molecule has 2 N–H and O–H groups in total. The van der Waals surface area contributed by atoms with Crippen LogP contribution in [0.3, 0.4) is 0 Å². The maximum Gasteiger partial charge on any atom is 0.335 e. The number of carboxylic acid groups (broad SMARTS) is 1. The largest absolute Gasteiger partial charge is 0.478 e. The predicted molar refractivity (Wildman–Crippen MR) is 97.9 cm³/mol. The first-order valence-electron chi connectivity index (χ1n) is 7.59. The Morgan fingerprint density at radius 2 is 1.88 bits per heavy atom. The number of hydrogen-bond donors (Lipinski definition) is 2. The van der Waals surface area contributed by atoms with E-state index in [1.54, 1.807) is 31.2 Å². The van der Waals surface area contributed by atoms with Gasteiger partial charge in [0.15, 0.2) is 0 Å². The average molecular weight is 373 g/mol. The minimum Gasteiger partial charge on any atom is -0.478 e. The van der Waals surface area contributed by atoms with Crippen LogP contribution in [0.25, 0.3) is 5.69 Å². The van der Waals surface area contributed by atoms with Crippen molar-refractivity contribution >= 4 is 29.5 Å². The van der Waals surface area contributed by atoms with Crippen molar-refractivity contribution < 1.29 is 14.3 Å². The minimum atomic E-state index is -0.990. The van der Waals surface area contributed by atoms with E-state index in [9.17, 15) is 9.18 Å². The molecule has 0 spiro atoms. The van der Waals surface area contributed by atoms with Crippen molar-refractivity contribution in [2.24, 2.45) is 5.10 Å². The molecular formula is C18H14ClFN4O2. The molecule has 0 saturated heterocycles. The van der Waals surface area contributed by atoms with Crippen LogP contribution < -0.4 is 5.43 Å². The first-order chi connectivity index (χ1) is 12.5. The number of carboxylic acids is 1. The lowest BCUT2D eigenvalue weighted by molar-refractivity contribution is 0.0697. The Kier molecular flexibility index (Phi) is 4.99. The van der Waals surface area contributed by atoms with Gasteiger partial charge in [-0.2, -0.15) is 10.2 Å². The van der Waals surface area contributed by atoms with E-state index in [0.29, 0.717) is 27.8 Å². The Hall–Kier alpha value is -3.19. The van der Waals surface area contributed by atoms with Gasteiger partial charge in [0, 0.05) is 0 Å². The third-order valence-electron chi connectivity index (χ3n) is 3.64. The molecule has 0 aliphatic rings. The van der Waals surface area contributed by atoms with Gasteiger partial charge >= 0.3 is 5.97 Å². The second-order valence-corrected chi connectivity index (χ2v) is 5.79. The maximum atomic E-state index is 13.1. The molecule has 0 bridgehead atoms. The fourth-order valence-corrected chi connectivity index (χ4v) is 2.59. The first-order valence-corrected chi connectivity index (χ1v) is 7.97. The molecule has 0 aliphatic carbocycles.